The Labute approximate surface area is 162 Å². The van der Waals surface area contributed by atoms with Gasteiger partial charge in [0.2, 0.25) is 5.91 Å². The molecule has 0 unspecified atom stereocenters. The molecule has 1 saturated heterocycles. The van der Waals surface area contributed by atoms with Crippen LogP contribution >= 0.6 is 27.7 Å². The quantitative estimate of drug-likeness (QED) is 0.724. The second-order valence-electron chi connectivity index (χ2n) is 5.69. The van der Waals surface area contributed by atoms with E-state index >= 15 is 0 Å². The number of carbonyl (C=O) groups is 3. The van der Waals surface area contributed by atoms with E-state index in [4.69, 9.17) is 4.42 Å². The Morgan fingerprint density at radius 2 is 1.96 bits per heavy atom. The summed E-state index contributed by atoms with van der Waals surface area (Å²) in [6.45, 7) is 3.26. The summed E-state index contributed by atoms with van der Waals surface area (Å²) in [5.74, 6) is 0.472. The van der Waals surface area contributed by atoms with Gasteiger partial charge in [-0.1, -0.05) is 15.9 Å². The number of halogens is 1. The average Bonchev–Trinajstić information content (AvgIpc) is 3.03. The maximum absolute atomic E-state index is 12.5. The van der Waals surface area contributed by atoms with Crippen molar-refractivity contribution >= 4 is 56.5 Å². The number of imide groups is 1. The molecule has 1 aliphatic heterocycles. The SMILES string of the molecule is Cc1cc(/C=C2\SC(=O)N(CC(=O)Nc3ccc(Br)cc3)C2=O)c(C)o1. The molecule has 3 rings (SSSR count). The van der Waals surface area contributed by atoms with Crippen molar-refractivity contribution in [2.45, 2.75) is 13.8 Å². The lowest BCUT2D eigenvalue weighted by Crippen LogP contribution is -2.36. The maximum Gasteiger partial charge on any atom is 0.294 e. The Morgan fingerprint density at radius 3 is 2.58 bits per heavy atom. The van der Waals surface area contributed by atoms with Crippen LogP contribution in [0.2, 0.25) is 0 Å². The van der Waals surface area contributed by atoms with Crippen LogP contribution in [0.1, 0.15) is 17.1 Å². The Morgan fingerprint density at radius 1 is 1.27 bits per heavy atom. The minimum absolute atomic E-state index is 0.273. The van der Waals surface area contributed by atoms with Crippen molar-refractivity contribution in [2.24, 2.45) is 0 Å². The molecule has 0 aliphatic carbocycles. The molecule has 2 aromatic rings. The normalized spacial score (nSPS) is 15.8. The van der Waals surface area contributed by atoms with Gasteiger partial charge in [0, 0.05) is 15.7 Å². The van der Waals surface area contributed by atoms with Gasteiger partial charge in [-0.25, -0.2) is 0 Å². The average molecular weight is 435 g/mol. The van der Waals surface area contributed by atoms with E-state index in [1.165, 1.54) is 0 Å². The molecule has 2 heterocycles. The number of furan rings is 1. The van der Waals surface area contributed by atoms with Crippen LogP contribution in [0.25, 0.3) is 6.08 Å². The highest BCUT2D eigenvalue weighted by Crippen LogP contribution is 2.33. The Bertz CT molecular complexity index is 918. The molecule has 134 valence electrons. The smallest absolute Gasteiger partial charge is 0.294 e. The first-order valence-electron chi connectivity index (χ1n) is 7.71. The number of hydrogen-bond donors (Lipinski definition) is 1. The van der Waals surface area contributed by atoms with Crippen molar-refractivity contribution in [2.75, 3.05) is 11.9 Å². The molecule has 0 bridgehead atoms. The van der Waals surface area contributed by atoms with Crippen molar-refractivity contribution in [1.82, 2.24) is 4.90 Å². The summed E-state index contributed by atoms with van der Waals surface area (Å²) in [4.78, 5) is 38.0. The highest BCUT2D eigenvalue weighted by Gasteiger charge is 2.36. The highest BCUT2D eigenvalue weighted by molar-refractivity contribution is 9.10. The topological polar surface area (TPSA) is 79.6 Å². The summed E-state index contributed by atoms with van der Waals surface area (Å²) in [5.41, 5.74) is 1.33. The van der Waals surface area contributed by atoms with Crippen molar-refractivity contribution in [1.29, 1.82) is 0 Å². The number of nitrogens with one attached hydrogen (secondary N) is 1. The minimum Gasteiger partial charge on any atom is -0.466 e. The molecule has 1 aromatic heterocycles. The third-order valence-electron chi connectivity index (χ3n) is 3.67. The number of hydrogen-bond acceptors (Lipinski definition) is 5. The monoisotopic (exact) mass is 434 g/mol. The van der Waals surface area contributed by atoms with E-state index < -0.39 is 17.1 Å². The number of anilines is 1. The second kappa shape index (κ2) is 7.51. The first kappa shape index (κ1) is 18.5. The van der Waals surface area contributed by atoms with Crippen molar-refractivity contribution in [3.63, 3.8) is 0 Å². The van der Waals surface area contributed by atoms with Gasteiger partial charge in [-0.15, -0.1) is 0 Å². The van der Waals surface area contributed by atoms with Gasteiger partial charge in [0.1, 0.15) is 18.1 Å². The van der Waals surface area contributed by atoms with E-state index in [1.54, 1.807) is 43.3 Å². The van der Waals surface area contributed by atoms with Crippen LogP contribution in [0.4, 0.5) is 10.5 Å². The standard InChI is InChI=1S/C18H15BrN2O4S/c1-10-7-12(11(2)25-10)8-15-17(23)21(18(24)26-15)9-16(22)20-14-5-3-13(19)4-6-14/h3-8H,9H2,1-2H3,(H,20,22)/b15-8-. The van der Waals surface area contributed by atoms with Crippen molar-refractivity contribution < 1.29 is 18.8 Å². The summed E-state index contributed by atoms with van der Waals surface area (Å²) < 4.78 is 6.31. The number of aryl methyl sites for hydroxylation is 2. The zero-order valence-electron chi connectivity index (χ0n) is 14.0. The van der Waals surface area contributed by atoms with Gasteiger partial charge in [0.05, 0.1) is 4.91 Å². The van der Waals surface area contributed by atoms with Crippen LogP contribution in [0.3, 0.4) is 0 Å². The summed E-state index contributed by atoms with van der Waals surface area (Å²) >= 11 is 4.13. The zero-order chi connectivity index (χ0) is 18.8. The number of nitrogens with zero attached hydrogens (tertiary/aromatic N) is 1. The molecule has 26 heavy (non-hydrogen) atoms. The predicted molar refractivity (Wildman–Crippen MR) is 104 cm³/mol. The van der Waals surface area contributed by atoms with E-state index in [0.29, 0.717) is 11.4 Å². The summed E-state index contributed by atoms with van der Waals surface area (Å²) in [6.07, 6.45) is 1.61. The Balaban J connectivity index is 1.70. The predicted octanol–water partition coefficient (Wildman–Crippen LogP) is 4.33. The first-order chi connectivity index (χ1) is 12.3. The fraction of sp³-hybridized carbons (Fsp3) is 0.167. The first-order valence-corrected chi connectivity index (χ1v) is 9.32. The van der Waals surface area contributed by atoms with Crippen LogP contribution < -0.4 is 5.32 Å². The van der Waals surface area contributed by atoms with Crippen LogP contribution in [0.5, 0.6) is 0 Å². The van der Waals surface area contributed by atoms with Crippen LogP contribution in [0, 0.1) is 13.8 Å². The summed E-state index contributed by atoms with van der Waals surface area (Å²) in [6, 6.07) is 8.81. The van der Waals surface area contributed by atoms with Gasteiger partial charge in [0.15, 0.2) is 0 Å². The molecule has 1 aromatic carbocycles. The van der Waals surface area contributed by atoms with E-state index in [2.05, 4.69) is 21.2 Å². The lowest BCUT2D eigenvalue weighted by molar-refractivity contribution is -0.127. The van der Waals surface area contributed by atoms with Gasteiger partial charge in [0.25, 0.3) is 11.1 Å². The largest absolute Gasteiger partial charge is 0.466 e. The molecule has 0 saturated carbocycles. The van der Waals surface area contributed by atoms with Crippen LogP contribution in [-0.4, -0.2) is 28.5 Å². The highest BCUT2D eigenvalue weighted by atomic mass is 79.9. The van der Waals surface area contributed by atoms with E-state index in [9.17, 15) is 14.4 Å². The molecule has 8 heteroatoms. The lowest BCUT2D eigenvalue weighted by Gasteiger charge is -2.12. The van der Waals surface area contributed by atoms with E-state index in [1.807, 2.05) is 6.92 Å². The van der Waals surface area contributed by atoms with Gasteiger partial charge in [-0.3, -0.25) is 19.3 Å². The fourth-order valence-corrected chi connectivity index (χ4v) is 3.54. The molecule has 0 spiro atoms. The molecular formula is C18H15BrN2O4S. The van der Waals surface area contributed by atoms with E-state index in [-0.39, 0.29) is 11.4 Å². The Kier molecular flexibility index (Phi) is 5.33. The molecule has 0 atom stereocenters. The zero-order valence-corrected chi connectivity index (χ0v) is 16.4. The van der Waals surface area contributed by atoms with Gasteiger partial charge < -0.3 is 9.73 Å². The molecule has 0 radical (unpaired) electrons. The van der Waals surface area contributed by atoms with Crippen molar-refractivity contribution in [3.8, 4) is 0 Å². The number of thioether (sulfide) groups is 1. The van der Waals surface area contributed by atoms with E-state index in [0.717, 1.165) is 32.5 Å². The number of amides is 3. The third-order valence-corrected chi connectivity index (χ3v) is 5.11. The molecular weight excluding hydrogens is 420 g/mol. The summed E-state index contributed by atoms with van der Waals surface area (Å²) in [7, 11) is 0. The lowest BCUT2D eigenvalue weighted by atomic mass is 10.2. The number of carbonyl (C=O) groups excluding carboxylic acids is 3. The van der Waals surface area contributed by atoms with Gasteiger partial charge >= 0.3 is 0 Å². The van der Waals surface area contributed by atoms with Gasteiger partial charge in [-0.2, -0.15) is 0 Å². The third kappa shape index (κ3) is 4.08. The van der Waals surface area contributed by atoms with Gasteiger partial charge in [-0.05, 0) is 62.0 Å². The van der Waals surface area contributed by atoms with Crippen LogP contribution in [0.15, 0.2) is 44.1 Å². The molecule has 1 aliphatic rings. The molecule has 1 N–H and O–H groups in total. The summed E-state index contributed by atoms with van der Waals surface area (Å²) in [5, 5.41) is 2.20. The number of rotatable bonds is 4. The number of benzene rings is 1. The molecule has 3 amide bonds. The van der Waals surface area contributed by atoms with Crippen molar-refractivity contribution in [3.05, 3.63) is 56.8 Å². The molecule has 1 fully saturated rings. The Hall–Kier alpha value is -2.32. The minimum atomic E-state index is -0.482. The second-order valence-corrected chi connectivity index (χ2v) is 7.60. The van der Waals surface area contributed by atoms with Crippen LogP contribution in [-0.2, 0) is 9.59 Å². The fourth-order valence-electron chi connectivity index (χ4n) is 2.45. The molecule has 6 nitrogen and oxygen atoms in total. The maximum atomic E-state index is 12.5.